The zero-order valence-corrected chi connectivity index (χ0v) is 15.4. The number of benzene rings is 1. The first-order valence-corrected chi connectivity index (χ1v) is 8.86. The number of amides is 2. The zero-order chi connectivity index (χ0) is 17.8. The third-order valence-electron chi connectivity index (χ3n) is 4.74. The molecule has 4 heteroatoms. The fourth-order valence-electron chi connectivity index (χ4n) is 2.93. The molecule has 132 valence electrons. The van der Waals surface area contributed by atoms with Crippen molar-refractivity contribution in [2.75, 3.05) is 13.1 Å². The lowest BCUT2D eigenvalue weighted by Gasteiger charge is -2.19. The molecule has 1 aromatic rings. The van der Waals surface area contributed by atoms with Crippen molar-refractivity contribution in [1.29, 1.82) is 0 Å². The maximum atomic E-state index is 12.1. The lowest BCUT2D eigenvalue weighted by Crippen LogP contribution is -2.36. The molecule has 24 heavy (non-hydrogen) atoms. The highest BCUT2D eigenvalue weighted by Crippen LogP contribution is 2.48. The highest BCUT2D eigenvalue weighted by atomic mass is 16.2. The van der Waals surface area contributed by atoms with Gasteiger partial charge in [-0.2, -0.15) is 0 Å². The van der Waals surface area contributed by atoms with Gasteiger partial charge in [0.1, 0.15) is 0 Å². The van der Waals surface area contributed by atoms with Gasteiger partial charge in [-0.25, -0.2) is 0 Å². The minimum Gasteiger partial charge on any atom is -0.356 e. The molecule has 2 N–H and O–H groups in total. The van der Waals surface area contributed by atoms with Crippen LogP contribution in [-0.4, -0.2) is 24.9 Å². The molecule has 4 nitrogen and oxygen atoms in total. The van der Waals surface area contributed by atoms with Gasteiger partial charge in [0, 0.05) is 30.3 Å². The van der Waals surface area contributed by atoms with Gasteiger partial charge < -0.3 is 10.6 Å². The molecule has 2 amide bonds. The van der Waals surface area contributed by atoms with Crippen LogP contribution in [-0.2, 0) is 15.0 Å². The van der Waals surface area contributed by atoms with Crippen molar-refractivity contribution < 1.29 is 9.59 Å². The molecule has 0 atom stereocenters. The summed E-state index contributed by atoms with van der Waals surface area (Å²) in [7, 11) is 0. The third kappa shape index (κ3) is 4.83. The molecule has 0 aromatic heterocycles. The normalized spacial score (nSPS) is 15.7. The largest absolute Gasteiger partial charge is 0.356 e. The first-order valence-electron chi connectivity index (χ1n) is 8.86. The van der Waals surface area contributed by atoms with Gasteiger partial charge in [0.15, 0.2) is 0 Å². The summed E-state index contributed by atoms with van der Waals surface area (Å²) in [5.41, 5.74) is 2.42. The monoisotopic (exact) mass is 330 g/mol. The first kappa shape index (κ1) is 18.5. The van der Waals surface area contributed by atoms with E-state index in [1.54, 1.807) is 0 Å². The predicted octanol–water partition coefficient (Wildman–Crippen LogP) is 3.09. The average Bonchev–Trinajstić information content (AvgIpc) is 3.30. The molecule has 1 aliphatic rings. The minimum atomic E-state index is -0.381. The summed E-state index contributed by atoms with van der Waals surface area (Å²) >= 11 is 0. The molecule has 0 unspecified atom stereocenters. The molecule has 0 heterocycles. The topological polar surface area (TPSA) is 58.2 Å². The Kier molecular flexibility index (Phi) is 5.68. The van der Waals surface area contributed by atoms with E-state index in [-0.39, 0.29) is 22.6 Å². The number of hydrogen-bond donors (Lipinski definition) is 2. The van der Waals surface area contributed by atoms with E-state index in [4.69, 9.17) is 0 Å². The Hall–Kier alpha value is -1.84. The van der Waals surface area contributed by atoms with Crippen LogP contribution in [0, 0.1) is 12.3 Å². The molecule has 0 spiro atoms. The van der Waals surface area contributed by atoms with Gasteiger partial charge in [-0.3, -0.25) is 9.59 Å². The van der Waals surface area contributed by atoms with Crippen LogP contribution in [0.1, 0.15) is 57.6 Å². The van der Waals surface area contributed by atoms with Crippen LogP contribution >= 0.6 is 0 Å². The quantitative estimate of drug-likeness (QED) is 0.755. The number of carbonyl (C=O) groups excluding carboxylic acids is 2. The molecule has 0 bridgehead atoms. The van der Waals surface area contributed by atoms with Crippen LogP contribution in [0.25, 0.3) is 0 Å². The minimum absolute atomic E-state index is 0.0272. The van der Waals surface area contributed by atoms with E-state index < -0.39 is 0 Å². The molecule has 1 aliphatic carbocycles. The van der Waals surface area contributed by atoms with E-state index >= 15 is 0 Å². The fourth-order valence-corrected chi connectivity index (χ4v) is 2.93. The van der Waals surface area contributed by atoms with Gasteiger partial charge >= 0.3 is 0 Å². The number of aryl methyl sites for hydroxylation is 1. The Morgan fingerprint density at radius 2 is 1.79 bits per heavy atom. The van der Waals surface area contributed by atoms with E-state index in [1.807, 2.05) is 20.8 Å². The van der Waals surface area contributed by atoms with Gasteiger partial charge in [0.05, 0.1) is 0 Å². The van der Waals surface area contributed by atoms with Crippen LogP contribution in [0.2, 0.25) is 0 Å². The van der Waals surface area contributed by atoms with Crippen LogP contribution in [0.5, 0.6) is 0 Å². The Morgan fingerprint density at radius 3 is 2.38 bits per heavy atom. The summed E-state index contributed by atoms with van der Waals surface area (Å²) in [6.45, 7) is 9.05. The lowest BCUT2D eigenvalue weighted by molar-refractivity contribution is -0.128. The second-order valence-corrected chi connectivity index (χ2v) is 7.98. The second-order valence-electron chi connectivity index (χ2n) is 7.98. The molecule has 1 saturated carbocycles. The Bertz CT molecular complexity index is 598. The molecule has 2 rings (SSSR count). The van der Waals surface area contributed by atoms with Crippen molar-refractivity contribution in [2.24, 2.45) is 5.41 Å². The van der Waals surface area contributed by atoms with Crippen molar-refractivity contribution >= 4 is 11.8 Å². The summed E-state index contributed by atoms with van der Waals surface area (Å²) < 4.78 is 0. The average molecular weight is 330 g/mol. The van der Waals surface area contributed by atoms with Crippen LogP contribution in [0.15, 0.2) is 24.3 Å². The highest BCUT2D eigenvalue weighted by Gasteiger charge is 2.44. The van der Waals surface area contributed by atoms with Crippen molar-refractivity contribution in [2.45, 2.75) is 58.8 Å². The maximum Gasteiger partial charge on any atom is 0.225 e. The Morgan fingerprint density at radius 1 is 1.12 bits per heavy atom. The summed E-state index contributed by atoms with van der Waals surface area (Å²) in [5.74, 6) is 0.0965. The van der Waals surface area contributed by atoms with Crippen molar-refractivity contribution in [3.05, 3.63) is 35.4 Å². The van der Waals surface area contributed by atoms with Crippen molar-refractivity contribution in [3.8, 4) is 0 Å². The second kappa shape index (κ2) is 7.37. The standard InChI is InChI=1S/C20H30N2O2/c1-15-8-5-6-9-16(15)20(11-12-20)14-22-17(23)10-7-13-21-18(24)19(2,3)4/h5-6,8-9H,7,10-14H2,1-4H3,(H,21,24)(H,22,23). The van der Waals surface area contributed by atoms with E-state index in [0.29, 0.717) is 25.9 Å². The van der Waals surface area contributed by atoms with E-state index in [1.165, 1.54) is 11.1 Å². The summed E-state index contributed by atoms with van der Waals surface area (Å²) in [5, 5.41) is 5.95. The summed E-state index contributed by atoms with van der Waals surface area (Å²) in [6.07, 6.45) is 3.40. The van der Waals surface area contributed by atoms with E-state index in [9.17, 15) is 9.59 Å². The number of hydrogen-bond acceptors (Lipinski definition) is 2. The van der Waals surface area contributed by atoms with E-state index in [0.717, 1.165) is 12.8 Å². The Balaban J connectivity index is 1.71. The van der Waals surface area contributed by atoms with Crippen LogP contribution in [0.3, 0.4) is 0 Å². The number of nitrogens with one attached hydrogen (secondary N) is 2. The smallest absolute Gasteiger partial charge is 0.225 e. The number of carbonyl (C=O) groups is 2. The lowest BCUT2D eigenvalue weighted by atomic mass is 9.92. The first-order chi connectivity index (χ1) is 11.2. The van der Waals surface area contributed by atoms with Gasteiger partial charge in [0.25, 0.3) is 0 Å². The van der Waals surface area contributed by atoms with Crippen molar-refractivity contribution in [1.82, 2.24) is 10.6 Å². The van der Waals surface area contributed by atoms with Crippen LogP contribution < -0.4 is 10.6 Å². The van der Waals surface area contributed by atoms with Crippen LogP contribution in [0.4, 0.5) is 0 Å². The molecular formula is C20H30N2O2. The number of rotatable bonds is 7. The summed E-state index contributed by atoms with van der Waals surface area (Å²) in [4.78, 5) is 23.8. The van der Waals surface area contributed by atoms with E-state index in [2.05, 4.69) is 41.8 Å². The molecule has 0 saturated heterocycles. The molecular weight excluding hydrogens is 300 g/mol. The maximum absolute atomic E-state index is 12.1. The van der Waals surface area contributed by atoms with Gasteiger partial charge in [-0.15, -0.1) is 0 Å². The molecule has 0 aliphatic heterocycles. The summed E-state index contributed by atoms with van der Waals surface area (Å²) in [6, 6.07) is 8.44. The molecule has 0 radical (unpaired) electrons. The third-order valence-corrected chi connectivity index (χ3v) is 4.74. The predicted molar refractivity (Wildman–Crippen MR) is 96.8 cm³/mol. The molecule has 1 fully saturated rings. The SMILES string of the molecule is Cc1ccccc1C1(CNC(=O)CCCNC(=O)C(C)(C)C)CC1. The van der Waals surface area contributed by atoms with Gasteiger partial charge in [-0.05, 0) is 37.3 Å². The van der Waals surface area contributed by atoms with Crippen molar-refractivity contribution in [3.63, 3.8) is 0 Å². The molecule has 1 aromatic carbocycles. The fraction of sp³-hybridized carbons (Fsp3) is 0.600. The van der Waals surface area contributed by atoms with Gasteiger partial charge in [0.2, 0.25) is 11.8 Å². The zero-order valence-electron chi connectivity index (χ0n) is 15.4. The Labute approximate surface area is 145 Å². The highest BCUT2D eigenvalue weighted by molar-refractivity contribution is 5.81. The van der Waals surface area contributed by atoms with Gasteiger partial charge in [-0.1, -0.05) is 45.0 Å².